The molecule has 0 aromatic carbocycles. The molecule has 0 aliphatic rings. The van der Waals surface area contributed by atoms with E-state index in [1.807, 2.05) is 20.8 Å². The predicted octanol–water partition coefficient (Wildman–Crippen LogP) is 1.09. The predicted molar refractivity (Wildman–Crippen MR) is 60.7 cm³/mol. The standard InChI is InChI=1S/C11H19N3O2/c1-11(2,3)9(10(15)16-4)12-5-8-6-13-14-7-8/h6-7,9,12H,5H2,1-4H3,(H,13,14). The molecule has 90 valence electrons. The number of nitrogens with zero attached hydrogens (tertiary/aromatic N) is 1. The van der Waals surface area contributed by atoms with Crippen molar-refractivity contribution in [3.8, 4) is 0 Å². The largest absolute Gasteiger partial charge is 0.468 e. The van der Waals surface area contributed by atoms with Crippen LogP contribution in [0.3, 0.4) is 0 Å². The molecule has 0 aliphatic carbocycles. The number of aromatic nitrogens is 2. The van der Waals surface area contributed by atoms with Gasteiger partial charge in [-0.3, -0.25) is 15.2 Å². The molecule has 1 aromatic heterocycles. The molecule has 1 aromatic rings. The first-order valence-electron chi connectivity index (χ1n) is 5.24. The van der Waals surface area contributed by atoms with E-state index >= 15 is 0 Å². The molecule has 1 heterocycles. The number of aromatic amines is 1. The van der Waals surface area contributed by atoms with E-state index in [9.17, 15) is 4.79 Å². The van der Waals surface area contributed by atoms with E-state index in [0.29, 0.717) is 6.54 Å². The average molecular weight is 225 g/mol. The van der Waals surface area contributed by atoms with Crippen molar-refractivity contribution in [2.24, 2.45) is 5.41 Å². The van der Waals surface area contributed by atoms with Gasteiger partial charge in [-0.1, -0.05) is 20.8 Å². The van der Waals surface area contributed by atoms with Crippen molar-refractivity contribution >= 4 is 5.97 Å². The van der Waals surface area contributed by atoms with Gasteiger partial charge in [0, 0.05) is 18.3 Å². The summed E-state index contributed by atoms with van der Waals surface area (Å²) in [7, 11) is 1.40. The summed E-state index contributed by atoms with van der Waals surface area (Å²) in [6.07, 6.45) is 3.52. The molecule has 1 atom stereocenters. The van der Waals surface area contributed by atoms with Crippen molar-refractivity contribution in [1.29, 1.82) is 0 Å². The number of rotatable bonds is 4. The van der Waals surface area contributed by atoms with E-state index in [2.05, 4.69) is 15.5 Å². The van der Waals surface area contributed by atoms with Gasteiger partial charge in [0.1, 0.15) is 6.04 Å². The van der Waals surface area contributed by atoms with Gasteiger partial charge in [-0.2, -0.15) is 5.10 Å². The van der Waals surface area contributed by atoms with E-state index in [1.54, 1.807) is 12.4 Å². The zero-order chi connectivity index (χ0) is 12.2. The second-order valence-electron chi connectivity index (χ2n) is 4.81. The van der Waals surface area contributed by atoms with Gasteiger partial charge in [0.05, 0.1) is 13.3 Å². The highest BCUT2D eigenvalue weighted by Crippen LogP contribution is 2.20. The number of methoxy groups -OCH3 is 1. The van der Waals surface area contributed by atoms with Gasteiger partial charge in [0.15, 0.2) is 0 Å². The molecule has 2 N–H and O–H groups in total. The summed E-state index contributed by atoms with van der Waals surface area (Å²) in [6, 6.07) is -0.326. The number of H-pyrrole nitrogens is 1. The second-order valence-corrected chi connectivity index (χ2v) is 4.81. The fourth-order valence-electron chi connectivity index (χ4n) is 1.46. The number of carbonyl (C=O) groups excluding carboxylic acids is 1. The molecule has 0 aliphatic heterocycles. The van der Waals surface area contributed by atoms with E-state index in [0.717, 1.165) is 5.56 Å². The molecule has 16 heavy (non-hydrogen) atoms. The third-order valence-electron chi connectivity index (χ3n) is 2.37. The normalized spacial score (nSPS) is 13.5. The molecule has 0 radical (unpaired) electrons. The summed E-state index contributed by atoms with van der Waals surface area (Å²) in [5.41, 5.74) is 0.828. The highest BCUT2D eigenvalue weighted by atomic mass is 16.5. The Morgan fingerprint density at radius 1 is 1.62 bits per heavy atom. The van der Waals surface area contributed by atoms with Crippen LogP contribution in [0, 0.1) is 5.41 Å². The Hall–Kier alpha value is -1.36. The van der Waals surface area contributed by atoms with Gasteiger partial charge in [0.2, 0.25) is 0 Å². The molecular formula is C11H19N3O2. The highest BCUT2D eigenvalue weighted by Gasteiger charge is 2.31. The number of carbonyl (C=O) groups is 1. The van der Waals surface area contributed by atoms with Gasteiger partial charge in [-0.15, -0.1) is 0 Å². The molecule has 0 fully saturated rings. The molecule has 0 spiro atoms. The van der Waals surface area contributed by atoms with Gasteiger partial charge in [-0.05, 0) is 5.41 Å². The molecule has 5 nitrogen and oxygen atoms in total. The Labute approximate surface area is 95.6 Å². The van der Waals surface area contributed by atoms with Crippen LogP contribution in [0.1, 0.15) is 26.3 Å². The van der Waals surface area contributed by atoms with Crippen molar-refractivity contribution in [2.75, 3.05) is 7.11 Å². The van der Waals surface area contributed by atoms with E-state index in [1.165, 1.54) is 7.11 Å². The Bertz CT molecular complexity index is 327. The summed E-state index contributed by atoms with van der Waals surface area (Å²) in [4.78, 5) is 11.6. The molecular weight excluding hydrogens is 206 g/mol. The number of ether oxygens (including phenoxy) is 1. The Kier molecular flexibility index (Phi) is 4.06. The number of hydrogen-bond donors (Lipinski definition) is 2. The van der Waals surface area contributed by atoms with Crippen LogP contribution in [0.2, 0.25) is 0 Å². The molecule has 1 unspecified atom stereocenters. The van der Waals surface area contributed by atoms with Crippen LogP contribution >= 0.6 is 0 Å². The van der Waals surface area contributed by atoms with Crippen molar-refractivity contribution in [3.05, 3.63) is 18.0 Å². The lowest BCUT2D eigenvalue weighted by molar-refractivity contribution is -0.146. The first-order valence-corrected chi connectivity index (χ1v) is 5.24. The Morgan fingerprint density at radius 2 is 2.31 bits per heavy atom. The van der Waals surface area contributed by atoms with Crippen LogP contribution in [0.25, 0.3) is 0 Å². The van der Waals surface area contributed by atoms with E-state index in [4.69, 9.17) is 4.74 Å². The third-order valence-corrected chi connectivity index (χ3v) is 2.37. The van der Waals surface area contributed by atoms with E-state index in [-0.39, 0.29) is 17.4 Å². The topological polar surface area (TPSA) is 67.0 Å². The van der Waals surface area contributed by atoms with Crippen molar-refractivity contribution < 1.29 is 9.53 Å². The second kappa shape index (κ2) is 5.12. The molecule has 1 rings (SSSR count). The maximum Gasteiger partial charge on any atom is 0.323 e. The smallest absolute Gasteiger partial charge is 0.323 e. The minimum absolute atomic E-state index is 0.184. The van der Waals surface area contributed by atoms with Crippen molar-refractivity contribution in [2.45, 2.75) is 33.4 Å². The van der Waals surface area contributed by atoms with Gasteiger partial charge in [-0.25, -0.2) is 0 Å². The first kappa shape index (κ1) is 12.7. The monoisotopic (exact) mass is 225 g/mol. The van der Waals surface area contributed by atoms with Crippen LogP contribution in [0.5, 0.6) is 0 Å². The van der Waals surface area contributed by atoms with Crippen molar-refractivity contribution in [3.63, 3.8) is 0 Å². The maximum absolute atomic E-state index is 11.6. The molecule has 0 amide bonds. The summed E-state index contributed by atoms with van der Waals surface area (Å²) in [5.74, 6) is -0.240. The van der Waals surface area contributed by atoms with Gasteiger partial charge in [0.25, 0.3) is 0 Å². The Balaban J connectivity index is 2.61. The molecule has 0 saturated carbocycles. The first-order chi connectivity index (χ1) is 7.45. The summed E-state index contributed by atoms with van der Waals surface area (Å²) >= 11 is 0. The minimum Gasteiger partial charge on any atom is -0.468 e. The zero-order valence-corrected chi connectivity index (χ0v) is 10.2. The molecule has 0 saturated heterocycles. The minimum atomic E-state index is -0.326. The van der Waals surface area contributed by atoms with Crippen LogP contribution in [-0.2, 0) is 16.1 Å². The number of esters is 1. The van der Waals surface area contributed by atoms with Crippen molar-refractivity contribution in [1.82, 2.24) is 15.5 Å². The van der Waals surface area contributed by atoms with Crippen LogP contribution in [0.15, 0.2) is 12.4 Å². The summed E-state index contributed by atoms with van der Waals surface area (Å²) < 4.78 is 4.78. The lowest BCUT2D eigenvalue weighted by atomic mass is 9.86. The third kappa shape index (κ3) is 3.34. The molecule has 5 heteroatoms. The highest BCUT2D eigenvalue weighted by molar-refractivity contribution is 5.76. The van der Waals surface area contributed by atoms with Crippen LogP contribution in [0.4, 0.5) is 0 Å². The average Bonchev–Trinajstić information content (AvgIpc) is 2.68. The number of hydrogen-bond acceptors (Lipinski definition) is 4. The lowest BCUT2D eigenvalue weighted by Crippen LogP contribution is -2.46. The van der Waals surface area contributed by atoms with Gasteiger partial charge < -0.3 is 4.74 Å². The van der Waals surface area contributed by atoms with Crippen LogP contribution in [-0.4, -0.2) is 29.3 Å². The van der Waals surface area contributed by atoms with E-state index < -0.39 is 0 Å². The fraction of sp³-hybridized carbons (Fsp3) is 0.636. The number of nitrogens with one attached hydrogen (secondary N) is 2. The summed E-state index contributed by atoms with van der Waals surface area (Å²) in [6.45, 7) is 6.58. The van der Waals surface area contributed by atoms with Gasteiger partial charge >= 0.3 is 5.97 Å². The fourth-order valence-corrected chi connectivity index (χ4v) is 1.46. The van der Waals surface area contributed by atoms with Crippen LogP contribution < -0.4 is 5.32 Å². The summed E-state index contributed by atoms with van der Waals surface area (Å²) in [5, 5.41) is 9.75. The molecule has 0 bridgehead atoms. The quantitative estimate of drug-likeness (QED) is 0.753. The zero-order valence-electron chi connectivity index (χ0n) is 10.2. The Morgan fingerprint density at radius 3 is 2.75 bits per heavy atom. The SMILES string of the molecule is COC(=O)C(NCc1cn[nH]c1)C(C)(C)C. The maximum atomic E-state index is 11.6. The lowest BCUT2D eigenvalue weighted by Gasteiger charge is -2.29.